The molecule has 1 aliphatic heterocycles. The highest BCUT2D eigenvalue weighted by atomic mass is 16.7. The number of carbonyl (C=O) groups excluding carboxylic acids is 1. The van der Waals surface area contributed by atoms with Crippen LogP contribution >= 0.6 is 0 Å². The second kappa shape index (κ2) is 13.3. The highest BCUT2D eigenvalue weighted by Crippen LogP contribution is 2.41. The Morgan fingerprint density at radius 2 is 1.69 bits per heavy atom. The third kappa shape index (κ3) is 6.51. The molecular formula is C28H38O8. The summed E-state index contributed by atoms with van der Waals surface area (Å²) in [4.78, 5) is 12.4. The molecule has 1 saturated heterocycles. The van der Waals surface area contributed by atoms with Crippen molar-refractivity contribution in [3.8, 4) is 0 Å². The van der Waals surface area contributed by atoms with Crippen molar-refractivity contribution in [2.75, 3.05) is 6.61 Å². The van der Waals surface area contributed by atoms with Gasteiger partial charge in [0.05, 0.1) is 13.2 Å². The van der Waals surface area contributed by atoms with E-state index in [1.165, 1.54) is 5.56 Å². The molecule has 0 spiro atoms. The van der Waals surface area contributed by atoms with E-state index in [4.69, 9.17) is 14.2 Å². The molecule has 198 valence electrons. The van der Waals surface area contributed by atoms with E-state index in [0.717, 1.165) is 24.8 Å². The number of unbranched alkanes of at least 4 members (excludes halogenated alkanes) is 2. The van der Waals surface area contributed by atoms with Crippen molar-refractivity contribution in [3.05, 3.63) is 70.8 Å². The fourth-order valence-corrected chi connectivity index (χ4v) is 4.49. The summed E-state index contributed by atoms with van der Waals surface area (Å²) in [5, 5.41) is 43.2. The SMILES string of the molecule is CCCCCC(=O)OC[C@@]1(c2ccccc2CO)O[C@@H](O)[C@H](OCc2ccc(CC)cc2)[C@@H](O)[C@@H]1O. The van der Waals surface area contributed by atoms with Crippen molar-refractivity contribution in [2.24, 2.45) is 0 Å². The summed E-state index contributed by atoms with van der Waals surface area (Å²) in [5.74, 6) is -0.474. The van der Waals surface area contributed by atoms with Crippen molar-refractivity contribution >= 4 is 5.97 Å². The zero-order chi connectivity index (χ0) is 26.1. The Morgan fingerprint density at radius 3 is 2.36 bits per heavy atom. The minimum Gasteiger partial charge on any atom is -0.462 e. The first-order valence-electron chi connectivity index (χ1n) is 12.6. The van der Waals surface area contributed by atoms with Crippen LogP contribution in [0.25, 0.3) is 0 Å². The van der Waals surface area contributed by atoms with Gasteiger partial charge in [0.25, 0.3) is 0 Å². The summed E-state index contributed by atoms with van der Waals surface area (Å²) in [6.45, 7) is 3.35. The maximum absolute atomic E-state index is 12.4. The average molecular weight is 503 g/mol. The van der Waals surface area contributed by atoms with Gasteiger partial charge in [0.15, 0.2) is 11.9 Å². The number of benzene rings is 2. The maximum atomic E-state index is 12.4. The molecule has 0 unspecified atom stereocenters. The van der Waals surface area contributed by atoms with E-state index in [-0.39, 0.29) is 19.6 Å². The number of hydrogen-bond donors (Lipinski definition) is 4. The van der Waals surface area contributed by atoms with Crippen LogP contribution in [0.5, 0.6) is 0 Å². The second-order valence-corrected chi connectivity index (χ2v) is 9.21. The van der Waals surface area contributed by atoms with E-state index in [1.807, 2.05) is 31.2 Å². The van der Waals surface area contributed by atoms with Gasteiger partial charge >= 0.3 is 5.97 Å². The van der Waals surface area contributed by atoms with E-state index >= 15 is 0 Å². The molecule has 3 rings (SSSR count). The van der Waals surface area contributed by atoms with E-state index < -0.39 is 42.8 Å². The molecule has 0 radical (unpaired) electrons. The zero-order valence-corrected chi connectivity index (χ0v) is 21.0. The second-order valence-electron chi connectivity index (χ2n) is 9.21. The molecule has 5 atom stereocenters. The standard InChI is InChI=1S/C28H38O8/c1-3-5-6-11-23(30)35-18-28(22-10-8-7-9-21(22)16-29)26(32)24(31)25(27(33)36-28)34-17-20-14-12-19(4-2)13-15-20/h7-10,12-15,24-27,29,31-33H,3-6,11,16-18H2,1-2H3/t24-,25-,26+,27-,28+/m1/s1. The Labute approximate surface area is 212 Å². The van der Waals surface area contributed by atoms with Gasteiger partial charge in [-0.05, 0) is 35.1 Å². The summed E-state index contributed by atoms with van der Waals surface area (Å²) in [5.41, 5.74) is 0.930. The fourth-order valence-electron chi connectivity index (χ4n) is 4.49. The number of aliphatic hydroxyl groups is 4. The minimum absolute atomic E-state index is 0.0888. The lowest BCUT2D eigenvalue weighted by Crippen LogP contribution is -2.65. The quantitative estimate of drug-likeness (QED) is 0.258. The van der Waals surface area contributed by atoms with Gasteiger partial charge < -0.3 is 34.6 Å². The van der Waals surface area contributed by atoms with Crippen molar-refractivity contribution in [3.63, 3.8) is 0 Å². The Bertz CT molecular complexity index is 962. The third-order valence-corrected chi connectivity index (χ3v) is 6.70. The largest absolute Gasteiger partial charge is 0.462 e. The topological polar surface area (TPSA) is 126 Å². The first-order chi connectivity index (χ1) is 17.4. The Morgan fingerprint density at radius 1 is 1.00 bits per heavy atom. The Hall–Kier alpha value is -2.33. The molecule has 0 aromatic heterocycles. The molecular weight excluding hydrogens is 464 g/mol. The highest BCUT2D eigenvalue weighted by molar-refractivity contribution is 5.69. The van der Waals surface area contributed by atoms with Crippen LogP contribution in [-0.2, 0) is 44.2 Å². The summed E-state index contributed by atoms with van der Waals surface area (Å²) >= 11 is 0. The van der Waals surface area contributed by atoms with E-state index in [2.05, 4.69) is 6.92 Å². The molecule has 2 aromatic rings. The number of aryl methyl sites for hydroxylation is 1. The molecule has 1 fully saturated rings. The fraction of sp³-hybridized carbons (Fsp3) is 0.536. The van der Waals surface area contributed by atoms with Crippen LogP contribution < -0.4 is 0 Å². The molecule has 8 nitrogen and oxygen atoms in total. The summed E-state index contributed by atoms with van der Waals surface area (Å²) < 4.78 is 17.2. The van der Waals surface area contributed by atoms with Gasteiger partial charge in [-0.1, -0.05) is 75.2 Å². The summed E-state index contributed by atoms with van der Waals surface area (Å²) in [7, 11) is 0. The van der Waals surface area contributed by atoms with Gasteiger partial charge in [-0.2, -0.15) is 0 Å². The monoisotopic (exact) mass is 502 g/mol. The Kier molecular flexibility index (Phi) is 10.4. The number of esters is 1. The van der Waals surface area contributed by atoms with Crippen LogP contribution in [0, 0.1) is 0 Å². The number of rotatable bonds is 12. The van der Waals surface area contributed by atoms with Crippen LogP contribution in [-0.4, -0.2) is 57.6 Å². The number of hydrogen-bond acceptors (Lipinski definition) is 8. The van der Waals surface area contributed by atoms with Gasteiger partial charge in [-0.3, -0.25) is 4.79 Å². The van der Waals surface area contributed by atoms with Gasteiger partial charge in [-0.25, -0.2) is 0 Å². The van der Waals surface area contributed by atoms with E-state index in [0.29, 0.717) is 17.5 Å². The van der Waals surface area contributed by atoms with Crippen molar-refractivity contribution in [2.45, 2.75) is 89.4 Å². The summed E-state index contributed by atoms with van der Waals surface area (Å²) in [6.07, 6.45) is -2.46. The lowest BCUT2D eigenvalue weighted by molar-refractivity contribution is -0.341. The van der Waals surface area contributed by atoms with Crippen LogP contribution in [0.3, 0.4) is 0 Å². The number of ether oxygens (including phenoxy) is 3. The van der Waals surface area contributed by atoms with Crippen LogP contribution in [0.2, 0.25) is 0 Å². The van der Waals surface area contributed by atoms with Gasteiger partial charge in [-0.15, -0.1) is 0 Å². The summed E-state index contributed by atoms with van der Waals surface area (Å²) in [6, 6.07) is 14.4. The van der Waals surface area contributed by atoms with E-state index in [9.17, 15) is 25.2 Å². The van der Waals surface area contributed by atoms with Gasteiger partial charge in [0, 0.05) is 6.42 Å². The van der Waals surface area contributed by atoms with Gasteiger partial charge in [0.2, 0.25) is 0 Å². The first kappa shape index (κ1) is 28.2. The number of carbonyl (C=O) groups is 1. The smallest absolute Gasteiger partial charge is 0.305 e. The molecule has 1 aliphatic rings. The van der Waals surface area contributed by atoms with Crippen LogP contribution in [0.15, 0.2) is 48.5 Å². The number of aliphatic hydroxyl groups excluding tert-OH is 4. The molecule has 8 heteroatoms. The predicted octanol–water partition coefficient (Wildman–Crippen LogP) is 2.72. The van der Waals surface area contributed by atoms with E-state index in [1.54, 1.807) is 24.3 Å². The predicted molar refractivity (Wildman–Crippen MR) is 133 cm³/mol. The van der Waals surface area contributed by atoms with Crippen molar-refractivity contribution < 1.29 is 39.4 Å². The lowest BCUT2D eigenvalue weighted by atomic mass is 9.79. The van der Waals surface area contributed by atoms with Crippen molar-refractivity contribution in [1.82, 2.24) is 0 Å². The molecule has 2 aromatic carbocycles. The lowest BCUT2D eigenvalue weighted by Gasteiger charge is -2.48. The van der Waals surface area contributed by atoms with Gasteiger partial charge in [0.1, 0.15) is 24.9 Å². The molecule has 4 N–H and O–H groups in total. The molecule has 36 heavy (non-hydrogen) atoms. The average Bonchev–Trinajstić information content (AvgIpc) is 2.90. The molecule has 0 amide bonds. The van der Waals surface area contributed by atoms with Crippen LogP contribution in [0.4, 0.5) is 0 Å². The third-order valence-electron chi connectivity index (χ3n) is 6.70. The normalized spacial score (nSPS) is 26.1. The maximum Gasteiger partial charge on any atom is 0.305 e. The van der Waals surface area contributed by atoms with Crippen molar-refractivity contribution in [1.29, 1.82) is 0 Å². The molecule has 1 heterocycles. The zero-order valence-electron chi connectivity index (χ0n) is 21.0. The Balaban J connectivity index is 1.82. The first-order valence-corrected chi connectivity index (χ1v) is 12.6. The minimum atomic E-state index is -1.80. The van der Waals surface area contributed by atoms with Crippen LogP contribution in [0.1, 0.15) is 61.8 Å². The molecule has 0 aliphatic carbocycles. The highest BCUT2D eigenvalue weighted by Gasteiger charge is 2.56. The molecule has 0 saturated carbocycles. The molecule has 0 bridgehead atoms.